The summed E-state index contributed by atoms with van der Waals surface area (Å²) in [5.74, 6) is 0. The van der Waals surface area contributed by atoms with E-state index in [1.165, 1.54) is 0 Å². The third kappa shape index (κ3) is 3.87. The Kier molecular flexibility index (Phi) is 5.22. The van der Waals surface area contributed by atoms with Crippen LogP contribution in [0.2, 0.25) is 0 Å². The number of aliphatic hydroxyl groups excluding tert-OH is 1. The molecule has 1 rings (SSSR count). The first-order valence-corrected chi connectivity index (χ1v) is 4.64. The van der Waals surface area contributed by atoms with Crippen LogP contribution in [0.4, 0.5) is 0 Å². The van der Waals surface area contributed by atoms with E-state index in [4.69, 9.17) is 9.47 Å². The smallest absolute Gasteiger partial charge is 0.102 e. The van der Waals surface area contributed by atoms with Crippen molar-refractivity contribution in [3.05, 3.63) is 35.9 Å². The number of benzene rings is 1. The molecule has 0 aliphatic carbocycles. The monoisotopic (exact) mass is 196 g/mol. The van der Waals surface area contributed by atoms with Crippen LogP contribution < -0.4 is 0 Å². The molecule has 0 spiro atoms. The standard InChI is InChI=1S/C11H16O3/c1-13-7-8-14-9-11(12)10-5-3-2-4-6-10/h2-6,11-12H,7-9H2,1H3/t11-/m0/s1. The lowest BCUT2D eigenvalue weighted by Crippen LogP contribution is -2.10. The van der Waals surface area contributed by atoms with E-state index in [1.54, 1.807) is 7.11 Å². The highest BCUT2D eigenvalue weighted by Crippen LogP contribution is 2.11. The third-order valence-electron chi connectivity index (χ3n) is 1.89. The van der Waals surface area contributed by atoms with Crippen molar-refractivity contribution in [3.63, 3.8) is 0 Å². The second-order valence-corrected chi connectivity index (χ2v) is 2.99. The third-order valence-corrected chi connectivity index (χ3v) is 1.89. The minimum atomic E-state index is -0.548. The fraction of sp³-hybridized carbons (Fsp3) is 0.455. The molecule has 14 heavy (non-hydrogen) atoms. The number of aliphatic hydroxyl groups is 1. The van der Waals surface area contributed by atoms with Gasteiger partial charge in [0.05, 0.1) is 19.8 Å². The molecule has 0 saturated carbocycles. The first-order chi connectivity index (χ1) is 6.84. The quantitative estimate of drug-likeness (QED) is 0.699. The topological polar surface area (TPSA) is 38.7 Å². The van der Waals surface area contributed by atoms with Crippen molar-refractivity contribution in [2.45, 2.75) is 6.10 Å². The maximum atomic E-state index is 9.65. The van der Waals surface area contributed by atoms with Gasteiger partial charge in [-0.2, -0.15) is 0 Å². The Morgan fingerprint density at radius 3 is 2.57 bits per heavy atom. The summed E-state index contributed by atoms with van der Waals surface area (Å²) in [6, 6.07) is 9.47. The van der Waals surface area contributed by atoms with Gasteiger partial charge in [-0.15, -0.1) is 0 Å². The minimum absolute atomic E-state index is 0.313. The maximum Gasteiger partial charge on any atom is 0.102 e. The molecule has 0 bridgehead atoms. The molecule has 0 unspecified atom stereocenters. The maximum absolute atomic E-state index is 9.65. The van der Waals surface area contributed by atoms with Crippen LogP contribution in [0.15, 0.2) is 30.3 Å². The highest BCUT2D eigenvalue weighted by atomic mass is 16.5. The minimum Gasteiger partial charge on any atom is -0.386 e. The lowest BCUT2D eigenvalue weighted by Gasteiger charge is -2.10. The Bertz CT molecular complexity index is 236. The molecule has 3 nitrogen and oxygen atoms in total. The lowest BCUT2D eigenvalue weighted by molar-refractivity contribution is 0.0126. The number of methoxy groups -OCH3 is 1. The van der Waals surface area contributed by atoms with Crippen molar-refractivity contribution in [2.75, 3.05) is 26.9 Å². The van der Waals surface area contributed by atoms with Crippen LogP contribution in [0.1, 0.15) is 11.7 Å². The molecule has 78 valence electrons. The van der Waals surface area contributed by atoms with Crippen LogP contribution in [0, 0.1) is 0 Å². The van der Waals surface area contributed by atoms with Crippen molar-refractivity contribution < 1.29 is 14.6 Å². The molecular formula is C11H16O3. The summed E-state index contributed by atoms with van der Waals surface area (Å²) in [6.45, 7) is 1.38. The van der Waals surface area contributed by atoms with Crippen molar-refractivity contribution in [1.82, 2.24) is 0 Å². The molecule has 1 aromatic carbocycles. The van der Waals surface area contributed by atoms with Gasteiger partial charge in [0.25, 0.3) is 0 Å². The van der Waals surface area contributed by atoms with Crippen molar-refractivity contribution >= 4 is 0 Å². The van der Waals surface area contributed by atoms with E-state index in [2.05, 4.69) is 0 Å². The summed E-state index contributed by atoms with van der Waals surface area (Å²) < 4.78 is 10.0. The van der Waals surface area contributed by atoms with Gasteiger partial charge in [0.1, 0.15) is 6.10 Å². The van der Waals surface area contributed by atoms with E-state index in [0.29, 0.717) is 19.8 Å². The van der Waals surface area contributed by atoms with E-state index in [1.807, 2.05) is 30.3 Å². The lowest BCUT2D eigenvalue weighted by atomic mass is 10.1. The van der Waals surface area contributed by atoms with E-state index < -0.39 is 6.10 Å². The second kappa shape index (κ2) is 6.54. The van der Waals surface area contributed by atoms with Gasteiger partial charge in [-0.05, 0) is 5.56 Å². The molecule has 3 heteroatoms. The largest absolute Gasteiger partial charge is 0.386 e. The van der Waals surface area contributed by atoms with Gasteiger partial charge >= 0.3 is 0 Å². The Morgan fingerprint density at radius 2 is 1.93 bits per heavy atom. The van der Waals surface area contributed by atoms with E-state index in [9.17, 15) is 5.11 Å². The van der Waals surface area contributed by atoms with Crippen LogP contribution in [-0.2, 0) is 9.47 Å². The van der Waals surface area contributed by atoms with E-state index >= 15 is 0 Å². The summed E-state index contributed by atoms with van der Waals surface area (Å²) in [7, 11) is 1.62. The number of ether oxygens (including phenoxy) is 2. The summed E-state index contributed by atoms with van der Waals surface area (Å²) >= 11 is 0. The second-order valence-electron chi connectivity index (χ2n) is 2.99. The van der Waals surface area contributed by atoms with E-state index in [-0.39, 0.29) is 0 Å². The SMILES string of the molecule is COCCOC[C@H](O)c1ccccc1. The molecule has 0 amide bonds. The highest BCUT2D eigenvalue weighted by molar-refractivity contribution is 5.17. The molecule has 1 atom stereocenters. The Hall–Kier alpha value is -0.900. The molecule has 1 N–H and O–H groups in total. The highest BCUT2D eigenvalue weighted by Gasteiger charge is 2.05. The van der Waals surface area contributed by atoms with Gasteiger partial charge in [0.2, 0.25) is 0 Å². The number of hydrogen-bond acceptors (Lipinski definition) is 3. The Morgan fingerprint density at radius 1 is 1.21 bits per heavy atom. The Balaban J connectivity index is 2.25. The summed E-state index contributed by atoms with van der Waals surface area (Å²) in [5, 5.41) is 9.65. The molecule has 0 heterocycles. The zero-order valence-electron chi connectivity index (χ0n) is 8.35. The molecule has 0 fully saturated rings. The van der Waals surface area contributed by atoms with E-state index in [0.717, 1.165) is 5.56 Å². The summed E-state index contributed by atoms with van der Waals surface area (Å²) in [6.07, 6.45) is -0.548. The predicted molar refractivity (Wildman–Crippen MR) is 54.1 cm³/mol. The van der Waals surface area contributed by atoms with Crippen molar-refractivity contribution in [3.8, 4) is 0 Å². The van der Waals surface area contributed by atoms with Crippen LogP contribution >= 0.6 is 0 Å². The fourth-order valence-corrected chi connectivity index (χ4v) is 1.11. The van der Waals surface area contributed by atoms with Crippen LogP contribution in [0.5, 0.6) is 0 Å². The van der Waals surface area contributed by atoms with Crippen LogP contribution in [-0.4, -0.2) is 32.0 Å². The summed E-state index contributed by atoms with van der Waals surface area (Å²) in [4.78, 5) is 0. The van der Waals surface area contributed by atoms with Crippen LogP contribution in [0.3, 0.4) is 0 Å². The first kappa shape index (κ1) is 11.2. The van der Waals surface area contributed by atoms with Crippen LogP contribution in [0.25, 0.3) is 0 Å². The molecule has 0 aliphatic rings. The van der Waals surface area contributed by atoms with Gasteiger partial charge < -0.3 is 14.6 Å². The van der Waals surface area contributed by atoms with Gasteiger partial charge in [-0.1, -0.05) is 30.3 Å². The molecule has 0 aliphatic heterocycles. The predicted octanol–water partition coefficient (Wildman–Crippen LogP) is 1.38. The average molecular weight is 196 g/mol. The van der Waals surface area contributed by atoms with Gasteiger partial charge in [0, 0.05) is 7.11 Å². The average Bonchev–Trinajstić information content (AvgIpc) is 2.25. The van der Waals surface area contributed by atoms with Gasteiger partial charge in [-0.3, -0.25) is 0 Å². The molecule has 0 radical (unpaired) electrons. The van der Waals surface area contributed by atoms with Crippen molar-refractivity contribution in [1.29, 1.82) is 0 Å². The molecular weight excluding hydrogens is 180 g/mol. The zero-order chi connectivity index (χ0) is 10.2. The number of hydrogen-bond donors (Lipinski definition) is 1. The molecule has 0 saturated heterocycles. The molecule has 0 aromatic heterocycles. The normalized spacial score (nSPS) is 12.7. The summed E-state index contributed by atoms with van der Waals surface area (Å²) in [5.41, 5.74) is 0.880. The fourth-order valence-electron chi connectivity index (χ4n) is 1.11. The van der Waals surface area contributed by atoms with Gasteiger partial charge in [-0.25, -0.2) is 0 Å². The number of rotatable bonds is 6. The first-order valence-electron chi connectivity index (χ1n) is 4.64. The van der Waals surface area contributed by atoms with Crippen molar-refractivity contribution in [2.24, 2.45) is 0 Å². The molecule has 1 aromatic rings. The Labute approximate surface area is 84.3 Å². The zero-order valence-corrected chi connectivity index (χ0v) is 8.35. The van der Waals surface area contributed by atoms with Gasteiger partial charge in [0.15, 0.2) is 0 Å².